The van der Waals surface area contributed by atoms with Crippen LogP contribution < -0.4 is 0 Å². The highest BCUT2D eigenvalue weighted by atomic mass is 19.1. The molecule has 1 aromatic carbocycles. The first-order valence-corrected chi connectivity index (χ1v) is 3.79. The zero-order chi connectivity index (χ0) is 9.68. The maximum absolute atomic E-state index is 12.9. The fourth-order valence-electron chi connectivity index (χ4n) is 0.824. The fraction of sp³-hybridized carbons (Fsp3) is 0.200. The Kier molecular flexibility index (Phi) is 3.41. The minimum Gasteiger partial charge on any atom is -0.395 e. The van der Waals surface area contributed by atoms with Crippen molar-refractivity contribution < 1.29 is 13.9 Å². The predicted molar refractivity (Wildman–Crippen MR) is 44.9 cm³/mol. The van der Waals surface area contributed by atoms with Crippen LogP contribution in [0.25, 0.3) is 0 Å². The molecule has 0 aromatic heterocycles. The molecule has 0 heterocycles. The Balaban J connectivity index is 2.95. The molecule has 0 saturated heterocycles. The fourth-order valence-corrected chi connectivity index (χ4v) is 0.824. The quantitative estimate of drug-likeness (QED) is 0.655. The molecule has 0 aliphatic rings. The first-order chi connectivity index (χ1) is 6.25. The van der Waals surface area contributed by atoms with Crippen LogP contribution in [0.3, 0.4) is 0 Å². The van der Waals surface area contributed by atoms with Crippen molar-refractivity contribution in [2.24, 2.45) is 0 Å². The number of hydrogen-bond donors (Lipinski definition) is 1. The van der Waals surface area contributed by atoms with E-state index < -0.39 is 11.6 Å². The van der Waals surface area contributed by atoms with Gasteiger partial charge >= 0.3 is 0 Å². The summed E-state index contributed by atoms with van der Waals surface area (Å²) in [6.45, 7) is -0.108. The number of halogens is 2. The van der Waals surface area contributed by atoms with Gasteiger partial charge in [0.25, 0.3) is 0 Å². The largest absolute Gasteiger partial charge is 0.395 e. The lowest BCUT2D eigenvalue weighted by Gasteiger charge is -1.94. The lowest BCUT2D eigenvalue weighted by molar-refractivity contribution is 0.305. The van der Waals surface area contributed by atoms with Gasteiger partial charge in [-0.05, 0) is 12.1 Å². The van der Waals surface area contributed by atoms with E-state index in [2.05, 4.69) is 11.8 Å². The lowest BCUT2D eigenvalue weighted by atomic mass is 10.2. The average Bonchev–Trinajstić information content (AvgIpc) is 2.10. The van der Waals surface area contributed by atoms with E-state index >= 15 is 0 Å². The SMILES string of the molecule is OCCC#Cc1c(F)cccc1F. The van der Waals surface area contributed by atoms with Crippen LogP contribution in [-0.2, 0) is 0 Å². The van der Waals surface area contributed by atoms with E-state index in [1.165, 1.54) is 6.07 Å². The zero-order valence-electron chi connectivity index (χ0n) is 6.85. The van der Waals surface area contributed by atoms with Crippen LogP contribution in [0.4, 0.5) is 8.78 Å². The van der Waals surface area contributed by atoms with E-state index in [0.29, 0.717) is 0 Å². The number of hydrogen-bond acceptors (Lipinski definition) is 1. The maximum atomic E-state index is 12.9. The number of rotatable bonds is 1. The highest BCUT2D eigenvalue weighted by molar-refractivity contribution is 5.36. The second-order valence-electron chi connectivity index (χ2n) is 2.37. The summed E-state index contributed by atoms with van der Waals surface area (Å²) in [6, 6.07) is 3.57. The molecule has 0 fully saturated rings. The minimum atomic E-state index is -0.676. The summed E-state index contributed by atoms with van der Waals surface area (Å²) in [7, 11) is 0. The molecule has 0 saturated carbocycles. The summed E-state index contributed by atoms with van der Waals surface area (Å²) in [5.74, 6) is 3.42. The van der Waals surface area contributed by atoms with E-state index in [0.717, 1.165) is 12.1 Å². The highest BCUT2D eigenvalue weighted by Gasteiger charge is 2.03. The topological polar surface area (TPSA) is 20.2 Å². The van der Waals surface area contributed by atoms with Crippen molar-refractivity contribution in [3.05, 3.63) is 35.4 Å². The molecule has 1 N–H and O–H groups in total. The standard InChI is InChI=1S/C10H8F2O/c11-9-5-3-6-10(12)8(9)4-1-2-7-13/h3,5-6,13H,2,7H2. The Hall–Kier alpha value is -1.40. The molecule has 0 spiro atoms. The Bertz CT molecular complexity index is 329. The smallest absolute Gasteiger partial charge is 0.141 e. The molecule has 68 valence electrons. The molecule has 0 radical (unpaired) electrons. The molecule has 1 nitrogen and oxygen atoms in total. The summed E-state index contributed by atoms with van der Waals surface area (Å²) >= 11 is 0. The van der Waals surface area contributed by atoms with Gasteiger partial charge in [0.1, 0.15) is 11.6 Å². The van der Waals surface area contributed by atoms with Crippen molar-refractivity contribution in [2.45, 2.75) is 6.42 Å². The van der Waals surface area contributed by atoms with Gasteiger partial charge in [0, 0.05) is 6.42 Å². The molecule has 3 heteroatoms. The van der Waals surface area contributed by atoms with E-state index in [4.69, 9.17) is 5.11 Å². The van der Waals surface area contributed by atoms with Crippen LogP contribution in [0.1, 0.15) is 12.0 Å². The van der Waals surface area contributed by atoms with Crippen molar-refractivity contribution in [1.29, 1.82) is 0 Å². The molecular formula is C10H8F2O. The second kappa shape index (κ2) is 4.58. The molecule has 0 aliphatic carbocycles. The van der Waals surface area contributed by atoms with Crippen LogP contribution in [0.15, 0.2) is 18.2 Å². The van der Waals surface area contributed by atoms with E-state index in [-0.39, 0.29) is 18.6 Å². The van der Waals surface area contributed by atoms with Gasteiger partial charge in [-0.3, -0.25) is 0 Å². The van der Waals surface area contributed by atoms with Gasteiger partial charge in [0.15, 0.2) is 0 Å². The molecule has 0 amide bonds. The number of aliphatic hydroxyl groups is 1. The molecule has 1 rings (SSSR count). The van der Waals surface area contributed by atoms with Gasteiger partial charge in [0.05, 0.1) is 12.2 Å². The van der Waals surface area contributed by atoms with E-state index in [1.54, 1.807) is 0 Å². The van der Waals surface area contributed by atoms with E-state index in [1.807, 2.05) is 0 Å². The maximum Gasteiger partial charge on any atom is 0.141 e. The Morgan fingerprint density at radius 2 is 1.85 bits per heavy atom. The van der Waals surface area contributed by atoms with Crippen molar-refractivity contribution >= 4 is 0 Å². The summed E-state index contributed by atoms with van der Waals surface area (Å²) in [4.78, 5) is 0. The van der Waals surface area contributed by atoms with Crippen molar-refractivity contribution in [3.63, 3.8) is 0 Å². The Labute approximate surface area is 75.0 Å². The first kappa shape index (κ1) is 9.69. The van der Waals surface area contributed by atoms with Crippen LogP contribution >= 0.6 is 0 Å². The second-order valence-corrected chi connectivity index (χ2v) is 2.37. The van der Waals surface area contributed by atoms with Gasteiger partial charge in [-0.1, -0.05) is 17.9 Å². The van der Waals surface area contributed by atoms with Gasteiger partial charge in [-0.25, -0.2) is 8.78 Å². The average molecular weight is 182 g/mol. The summed E-state index contributed by atoms with van der Waals surface area (Å²) in [5, 5.41) is 8.39. The molecule has 0 aliphatic heterocycles. The van der Waals surface area contributed by atoms with Crippen molar-refractivity contribution in [2.75, 3.05) is 6.61 Å². The third kappa shape index (κ3) is 2.53. The van der Waals surface area contributed by atoms with Gasteiger partial charge in [-0.15, -0.1) is 0 Å². The minimum absolute atomic E-state index is 0.108. The van der Waals surface area contributed by atoms with Gasteiger partial charge in [-0.2, -0.15) is 0 Å². The Morgan fingerprint density at radius 1 is 1.23 bits per heavy atom. The summed E-state index contributed by atoms with van der Waals surface area (Å²) < 4.78 is 25.7. The summed E-state index contributed by atoms with van der Waals surface area (Å²) in [5.41, 5.74) is -0.240. The van der Waals surface area contributed by atoms with Crippen LogP contribution in [0, 0.1) is 23.5 Å². The highest BCUT2D eigenvalue weighted by Crippen LogP contribution is 2.09. The predicted octanol–water partition coefficient (Wildman–Crippen LogP) is 1.70. The van der Waals surface area contributed by atoms with Gasteiger partial charge in [0.2, 0.25) is 0 Å². The van der Waals surface area contributed by atoms with Crippen LogP contribution in [0.5, 0.6) is 0 Å². The molecule has 0 bridgehead atoms. The molecule has 0 atom stereocenters. The molecule has 13 heavy (non-hydrogen) atoms. The number of aliphatic hydroxyl groups excluding tert-OH is 1. The zero-order valence-corrected chi connectivity index (χ0v) is 6.85. The number of benzene rings is 1. The molecule has 0 unspecified atom stereocenters. The van der Waals surface area contributed by atoms with Gasteiger partial charge < -0.3 is 5.11 Å². The first-order valence-electron chi connectivity index (χ1n) is 3.79. The third-order valence-corrected chi connectivity index (χ3v) is 1.41. The normalized spacial score (nSPS) is 9.15. The van der Waals surface area contributed by atoms with Crippen LogP contribution in [-0.4, -0.2) is 11.7 Å². The van der Waals surface area contributed by atoms with Crippen LogP contribution in [0.2, 0.25) is 0 Å². The molecule has 1 aromatic rings. The third-order valence-electron chi connectivity index (χ3n) is 1.41. The Morgan fingerprint density at radius 3 is 2.38 bits per heavy atom. The van der Waals surface area contributed by atoms with Crippen molar-refractivity contribution in [3.8, 4) is 11.8 Å². The molecular weight excluding hydrogens is 174 g/mol. The lowest BCUT2D eigenvalue weighted by Crippen LogP contribution is -1.88. The van der Waals surface area contributed by atoms with E-state index in [9.17, 15) is 8.78 Å². The monoisotopic (exact) mass is 182 g/mol. The van der Waals surface area contributed by atoms with Crippen molar-refractivity contribution in [1.82, 2.24) is 0 Å². The summed E-state index contributed by atoms with van der Waals surface area (Å²) in [6.07, 6.45) is 0.216.